The first-order chi connectivity index (χ1) is 7.68. The third kappa shape index (κ3) is 19.5. The molecule has 0 aliphatic rings. The third-order valence-corrected chi connectivity index (χ3v) is 1.97. The van der Waals surface area contributed by atoms with Gasteiger partial charge in [0.15, 0.2) is 0 Å². The topological polar surface area (TPSA) is 24.5 Å². The van der Waals surface area contributed by atoms with Gasteiger partial charge in [-0.25, -0.2) is 0 Å². The molecule has 3 nitrogen and oxygen atoms in total. The molecule has 0 atom stereocenters. The van der Waals surface area contributed by atoms with Gasteiger partial charge in [-0.1, -0.05) is 27.7 Å². The minimum atomic E-state index is 0.609. The summed E-state index contributed by atoms with van der Waals surface area (Å²) in [5.41, 5.74) is 0. The van der Waals surface area contributed by atoms with Crippen LogP contribution < -0.4 is 5.32 Å². The van der Waals surface area contributed by atoms with Crippen molar-refractivity contribution in [2.45, 2.75) is 47.6 Å². The van der Waals surface area contributed by atoms with Crippen molar-refractivity contribution in [3.05, 3.63) is 0 Å². The van der Waals surface area contributed by atoms with Gasteiger partial charge in [0.2, 0.25) is 0 Å². The van der Waals surface area contributed by atoms with E-state index in [4.69, 9.17) is 4.74 Å². The molecular formula is C13H34N2O. The first-order valence-corrected chi connectivity index (χ1v) is 6.61. The predicted molar refractivity (Wildman–Crippen MR) is 75.2 cm³/mol. The average molecular weight is 234 g/mol. The molecule has 0 rings (SSSR count). The van der Waals surface area contributed by atoms with Crippen LogP contribution in [0.5, 0.6) is 0 Å². The lowest BCUT2D eigenvalue weighted by Crippen LogP contribution is -2.30. The molecule has 0 saturated heterocycles. The second-order valence-electron chi connectivity index (χ2n) is 3.29. The molecule has 0 unspecified atom stereocenters. The number of hydrogen-bond donors (Lipinski definition) is 1. The first kappa shape index (κ1) is 21.2. The summed E-state index contributed by atoms with van der Waals surface area (Å²) < 4.78 is 5.39. The Morgan fingerprint density at radius 3 is 1.94 bits per heavy atom. The van der Waals surface area contributed by atoms with Gasteiger partial charge in [-0.15, -0.1) is 0 Å². The monoisotopic (exact) mass is 234 g/mol. The summed E-state index contributed by atoms with van der Waals surface area (Å²) in [6, 6.07) is 0.609. The third-order valence-electron chi connectivity index (χ3n) is 1.97. The van der Waals surface area contributed by atoms with E-state index < -0.39 is 0 Å². The number of ether oxygens (including phenoxy) is 1. The van der Waals surface area contributed by atoms with Crippen molar-refractivity contribution < 1.29 is 4.74 Å². The fraction of sp³-hybridized carbons (Fsp3) is 1.00. The number of rotatable bonds is 7. The van der Waals surface area contributed by atoms with Gasteiger partial charge in [-0.05, 0) is 27.9 Å². The van der Waals surface area contributed by atoms with Crippen molar-refractivity contribution in [1.29, 1.82) is 0 Å². The van der Waals surface area contributed by atoms with Crippen molar-refractivity contribution >= 4 is 0 Å². The van der Waals surface area contributed by atoms with Crippen LogP contribution in [0.3, 0.4) is 0 Å². The summed E-state index contributed by atoms with van der Waals surface area (Å²) in [4.78, 5) is 2.28. The molecule has 0 amide bonds. The molecule has 0 radical (unpaired) electrons. The summed E-state index contributed by atoms with van der Waals surface area (Å²) in [5, 5.41) is 3.04. The predicted octanol–water partition coefficient (Wildman–Crippen LogP) is 2.62. The van der Waals surface area contributed by atoms with Gasteiger partial charge in [0.05, 0.1) is 13.2 Å². The summed E-state index contributed by atoms with van der Waals surface area (Å²) in [5.74, 6) is 0. The van der Waals surface area contributed by atoms with E-state index in [0.29, 0.717) is 6.04 Å². The average Bonchev–Trinajstić information content (AvgIpc) is 2.33. The Morgan fingerprint density at radius 1 is 1.06 bits per heavy atom. The van der Waals surface area contributed by atoms with Crippen molar-refractivity contribution in [2.75, 3.05) is 40.4 Å². The van der Waals surface area contributed by atoms with Crippen LogP contribution in [0, 0.1) is 0 Å². The summed E-state index contributed by atoms with van der Waals surface area (Å²) >= 11 is 0. The van der Waals surface area contributed by atoms with Crippen molar-refractivity contribution in [1.82, 2.24) is 10.2 Å². The summed E-state index contributed by atoms with van der Waals surface area (Å²) in [6.45, 7) is 16.0. The fourth-order valence-corrected chi connectivity index (χ4v) is 0.743. The summed E-state index contributed by atoms with van der Waals surface area (Å²) in [7, 11) is 4.05. The van der Waals surface area contributed by atoms with Gasteiger partial charge < -0.3 is 15.0 Å². The molecule has 0 aromatic carbocycles. The first-order valence-electron chi connectivity index (χ1n) is 6.61. The Bertz CT molecular complexity index is 97.9. The van der Waals surface area contributed by atoms with Gasteiger partial charge in [-0.3, -0.25) is 0 Å². The maximum atomic E-state index is 5.39. The maximum Gasteiger partial charge on any atom is 0.0594 e. The highest BCUT2D eigenvalue weighted by atomic mass is 16.5. The van der Waals surface area contributed by atoms with E-state index in [1.54, 1.807) is 0 Å². The highest BCUT2D eigenvalue weighted by molar-refractivity contribution is 4.55. The highest BCUT2D eigenvalue weighted by Gasteiger charge is 2.01. The standard InChI is InChI=1S/C9H22N2O.2C2H6/c1-9(2)11(4)6-8-12-7-5-10-3;2*1-2/h9-10H,5-8H2,1-4H3;2*1-2H3. The second kappa shape index (κ2) is 20.3. The van der Waals surface area contributed by atoms with E-state index in [9.17, 15) is 0 Å². The van der Waals surface area contributed by atoms with Crippen LogP contribution in [0.2, 0.25) is 0 Å². The Balaban J connectivity index is -0.000000376. The highest BCUT2D eigenvalue weighted by Crippen LogP contribution is 1.91. The SMILES string of the molecule is CC.CC.CNCCOCCN(C)C(C)C. The van der Waals surface area contributed by atoms with Crippen LogP contribution in [-0.2, 0) is 4.74 Å². The molecule has 1 N–H and O–H groups in total. The minimum absolute atomic E-state index is 0.609. The second-order valence-corrected chi connectivity index (χ2v) is 3.29. The minimum Gasteiger partial charge on any atom is -0.379 e. The zero-order valence-electron chi connectivity index (χ0n) is 12.8. The molecule has 0 aromatic heterocycles. The Labute approximate surface area is 104 Å². The van der Waals surface area contributed by atoms with Gasteiger partial charge in [0, 0.05) is 19.1 Å². The molecule has 0 aliphatic carbocycles. The van der Waals surface area contributed by atoms with Crippen LogP contribution in [0.25, 0.3) is 0 Å². The number of hydrogen-bond acceptors (Lipinski definition) is 3. The lowest BCUT2D eigenvalue weighted by molar-refractivity contribution is 0.106. The molecule has 102 valence electrons. The van der Waals surface area contributed by atoms with E-state index in [1.807, 2.05) is 34.7 Å². The lowest BCUT2D eigenvalue weighted by atomic mass is 10.3. The molecule has 0 heterocycles. The van der Waals surface area contributed by atoms with E-state index in [0.717, 1.165) is 26.3 Å². The van der Waals surface area contributed by atoms with Crippen molar-refractivity contribution in [2.24, 2.45) is 0 Å². The van der Waals surface area contributed by atoms with Gasteiger partial charge in [-0.2, -0.15) is 0 Å². The zero-order valence-corrected chi connectivity index (χ0v) is 12.8. The lowest BCUT2D eigenvalue weighted by Gasteiger charge is -2.20. The molecule has 0 spiro atoms. The number of nitrogens with one attached hydrogen (secondary N) is 1. The number of nitrogens with zero attached hydrogens (tertiary/aromatic N) is 1. The Kier molecular flexibility index (Phi) is 26.9. The van der Waals surface area contributed by atoms with Crippen LogP contribution in [-0.4, -0.2) is 51.3 Å². The summed E-state index contributed by atoms with van der Waals surface area (Å²) in [6.07, 6.45) is 0. The molecule has 0 bridgehead atoms. The van der Waals surface area contributed by atoms with E-state index in [-0.39, 0.29) is 0 Å². The molecule has 0 saturated carbocycles. The largest absolute Gasteiger partial charge is 0.379 e. The van der Waals surface area contributed by atoms with E-state index >= 15 is 0 Å². The molecule has 0 aromatic rings. The molecular weight excluding hydrogens is 200 g/mol. The molecule has 0 fully saturated rings. The Morgan fingerprint density at radius 2 is 1.56 bits per heavy atom. The van der Waals surface area contributed by atoms with Crippen molar-refractivity contribution in [3.8, 4) is 0 Å². The van der Waals surface area contributed by atoms with Gasteiger partial charge in [0.25, 0.3) is 0 Å². The zero-order chi connectivity index (χ0) is 13.4. The smallest absolute Gasteiger partial charge is 0.0594 e. The van der Waals surface area contributed by atoms with Crippen LogP contribution in [0.1, 0.15) is 41.5 Å². The maximum absolute atomic E-state index is 5.39. The van der Waals surface area contributed by atoms with Gasteiger partial charge in [0.1, 0.15) is 0 Å². The number of likely N-dealkylation sites (N-methyl/N-ethyl adjacent to an activating group) is 2. The van der Waals surface area contributed by atoms with Crippen molar-refractivity contribution in [3.63, 3.8) is 0 Å². The molecule has 3 heteroatoms. The Hall–Kier alpha value is -0.120. The normalized spacial score (nSPS) is 9.38. The van der Waals surface area contributed by atoms with Crippen LogP contribution >= 0.6 is 0 Å². The quantitative estimate of drug-likeness (QED) is 0.685. The molecule has 0 aliphatic heterocycles. The van der Waals surface area contributed by atoms with E-state index in [1.165, 1.54) is 0 Å². The molecule has 16 heavy (non-hydrogen) atoms. The van der Waals surface area contributed by atoms with Gasteiger partial charge >= 0.3 is 0 Å². The van der Waals surface area contributed by atoms with Crippen LogP contribution in [0.4, 0.5) is 0 Å². The van der Waals surface area contributed by atoms with E-state index in [2.05, 4.69) is 31.1 Å². The fourth-order valence-electron chi connectivity index (χ4n) is 0.743. The van der Waals surface area contributed by atoms with Crippen LogP contribution in [0.15, 0.2) is 0 Å².